The molecular formula is C31H27NOS. The summed E-state index contributed by atoms with van der Waals surface area (Å²) < 4.78 is 7.34. The number of hydrogen-bond donors (Lipinski definition) is 0. The minimum atomic E-state index is 0.0346. The number of rotatable bonds is 2. The van der Waals surface area contributed by atoms with Gasteiger partial charge in [-0.3, -0.25) is 4.98 Å². The maximum atomic E-state index is 6.11. The standard InChI is InChI=1S/C31H27NOS/c1-18-15-21-10-8-12-25(28(21)33-18)29-19(2)23-13-14-32-27(30(23)34-29)22-16-20-9-6-7-11-24(20)26(17-22)31(3,4)5/h6-17H,1-5H3. The van der Waals surface area contributed by atoms with Gasteiger partial charge in [0.25, 0.3) is 0 Å². The second kappa shape index (κ2) is 7.54. The van der Waals surface area contributed by atoms with Gasteiger partial charge >= 0.3 is 0 Å². The molecule has 0 N–H and O–H groups in total. The molecule has 0 saturated carbocycles. The van der Waals surface area contributed by atoms with Crippen molar-refractivity contribution in [3.63, 3.8) is 0 Å². The zero-order valence-electron chi connectivity index (χ0n) is 20.2. The summed E-state index contributed by atoms with van der Waals surface area (Å²) in [6, 6.07) is 24.0. The van der Waals surface area contributed by atoms with Crippen LogP contribution in [0.4, 0.5) is 0 Å². The molecule has 3 aromatic heterocycles. The van der Waals surface area contributed by atoms with Gasteiger partial charge in [-0.15, -0.1) is 11.3 Å². The Morgan fingerprint density at radius 1 is 0.824 bits per heavy atom. The van der Waals surface area contributed by atoms with Gasteiger partial charge in [-0.1, -0.05) is 57.2 Å². The highest BCUT2D eigenvalue weighted by Gasteiger charge is 2.21. The van der Waals surface area contributed by atoms with Crippen molar-refractivity contribution in [2.75, 3.05) is 0 Å². The Kier molecular flexibility index (Phi) is 4.69. The molecule has 0 aliphatic carbocycles. The van der Waals surface area contributed by atoms with E-state index < -0.39 is 0 Å². The van der Waals surface area contributed by atoms with Crippen molar-refractivity contribution in [3.05, 3.63) is 89.8 Å². The second-order valence-corrected chi connectivity index (χ2v) is 11.2. The van der Waals surface area contributed by atoms with Crippen molar-refractivity contribution in [1.82, 2.24) is 4.98 Å². The van der Waals surface area contributed by atoms with E-state index in [1.807, 2.05) is 24.5 Å². The molecule has 0 unspecified atom stereocenters. The van der Waals surface area contributed by atoms with Crippen LogP contribution in [0.1, 0.15) is 37.7 Å². The Morgan fingerprint density at radius 2 is 1.62 bits per heavy atom. The van der Waals surface area contributed by atoms with E-state index in [1.54, 1.807) is 0 Å². The largest absolute Gasteiger partial charge is 0.461 e. The number of furan rings is 1. The van der Waals surface area contributed by atoms with Gasteiger partial charge in [0.1, 0.15) is 11.3 Å². The Morgan fingerprint density at radius 3 is 2.44 bits per heavy atom. The first-order valence-corrected chi connectivity index (χ1v) is 12.5. The van der Waals surface area contributed by atoms with E-state index in [0.717, 1.165) is 28.0 Å². The summed E-state index contributed by atoms with van der Waals surface area (Å²) in [7, 11) is 0. The normalized spacial score (nSPS) is 12.3. The number of thiophene rings is 1. The number of para-hydroxylation sites is 1. The monoisotopic (exact) mass is 461 g/mol. The van der Waals surface area contributed by atoms with Crippen molar-refractivity contribution in [1.29, 1.82) is 0 Å². The number of hydrogen-bond acceptors (Lipinski definition) is 3. The van der Waals surface area contributed by atoms with Crippen LogP contribution >= 0.6 is 11.3 Å². The molecule has 0 saturated heterocycles. The Balaban J connectivity index is 1.63. The predicted octanol–water partition coefficient (Wildman–Crippen LogP) is 9.44. The first kappa shape index (κ1) is 21.1. The fourth-order valence-electron chi connectivity index (χ4n) is 5.05. The van der Waals surface area contributed by atoms with Gasteiger partial charge in [0, 0.05) is 27.6 Å². The van der Waals surface area contributed by atoms with Crippen LogP contribution in [0.3, 0.4) is 0 Å². The minimum absolute atomic E-state index is 0.0346. The van der Waals surface area contributed by atoms with Gasteiger partial charge < -0.3 is 4.42 Å². The SMILES string of the molecule is Cc1cc2cccc(-c3sc4c(-c5cc(C(C)(C)C)c6ccccc6c5)nccc4c3C)c2o1. The average Bonchev–Trinajstić information content (AvgIpc) is 3.36. The number of fused-ring (bicyclic) bond motifs is 3. The van der Waals surface area contributed by atoms with Crippen molar-refractivity contribution in [3.8, 4) is 21.7 Å². The Hall–Kier alpha value is -3.43. The quantitative estimate of drug-likeness (QED) is 0.257. The van der Waals surface area contributed by atoms with Crippen LogP contribution in [0.15, 0.2) is 77.3 Å². The lowest BCUT2D eigenvalue weighted by molar-refractivity contribution is 0.579. The molecule has 6 rings (SSSR count). The lowest BCUT2D eigenvalue weighted by Gasteiger charge is -2.22. The van der Waals surface area contributed by atoms with E-state index in [1.165, 1.54) is 42.4 Å². The van der Waals surface area contributed by atoms with Crippen LogP contribution in [0.2, 0.25) is 0 Å². The number of aryl methyl sites for hydroxylation is 2. The smallest absolute Gasteiger partial charge is 0.142 e. The molecule has 168 valence electrons. The molecule has 0 aliphatic rings. The maximum absolute atomic E-state index is 6.11. The zero-order valence-corrected chi connectivity index (χ0v) is 21.0. The highest BCUT2D eigenvalue weighted by atomic mass is 32.1. The lowest BCUT2D eigenvalue weighted by atomic mass is 9.82. The molecule has 34 heavy (non-hydrogen) atoms. The molecule has 6 aromatic rings. The third kappa shape index (κ3) is 3.26. The molecular weight excluding hydrogens is 434 g/mol. The van der Waals surface area contributed by atoms with Crippen molar-refractivity contribution >= 4 is 43.2 Å². The molecule has 2 nitrogen and oxygen atoms in total. The van der Waals surface area contributed by atoms with E-state index in [4.69, 9.17) is 9.40 Å². The maximum Gasteiger partial charge on any atom is 0.142 e. The van der Waals surface area contributed by atoms with Gasteiger partial charge in [-0.25, -0.2) is 0 Å². The average molecular weight is 462 g/mol. The molecule has 0 radical (unpaired) electrons. The molecule has 0 spiro atoms. The molecule has 0 aliphatic heterocycles. The summed E-state index contributed by atoms with van der Waals surface area (Å²) in [5, 5.41) is 4.98. The van der Waals surface area contributed by atoms with Gasteiger partial charge in [0.15, 0.2) is 0 Å². The van der Waals surface area contributed by atoms with Gasteiger partial charge in [-0.05, 0) is 76.9 Å². The molecule has 0 amide bonds. The number of aromatic nitrogens is 1. The molecule has 0 bridgehead atoms. The first-order valence-electron chi connectivity index (χ1n) is 11.7. The summed E-state index contributed by atoms with van der Waals surface area (Å²) >= 11 is 1.82. The van der Waals surface area contributed by atoms with Crippen molar-refractivity contribution in [2.45, 2.75) is 40.0 Å². The molecule has 0 fully saturated rings. The number of nitrogens with zero attached hydrogens (tertiary/aromatic N) is 1. The zero-order chi connectivity index (χ0) is 23.6. The van der Waals surface area contributed by atoms with E-state index in [2.05, 4.69) is 94.4 Å². The van der Waals surface area contributed by atoms with Crippen LogP contribution < -0.4 is 0 Å². The van der Waals surface area contributed by atoms with Crippen LogP contribution in [0.5, 0.6) is 0 Å². The molecule has 0 atom stereocenters. The predicted molar refractivity (Wildman–Crippen MR) is 146 cm³/mol. The molecule has 3 heterocycles. The fraction of sp³-hybridized carbons (Fsp3) is 0.194. The van der Waals surface area contributed by atoms with Gasteiger partial charge in [0.2, 0.25) is 0 Å². The minimum Gasteiger partial charge on any atom is -0.461 e. The number of pyridine rings is 1. The van der Waals surface area contributed by atoms with Crippen molar-refractivity contribution < 1.29 is 4.42 Å². The summed E-state index contributed by atoms with van der Waals surface area (Å²) in [6.45, 7) is 11.1. The summed E-state index contributed by atoms with van der Waals surface area (Å²) in [5.74, 6) is 0.939. The third-order valence-corrected chi connectivity index (χ3v) is 8.06. The van der Waals surface area contributed by atoms with Gasteiger partial charge in [0.05, 0.1) is 10.4 Å². The van der Waals surface area contributed by atoms with E-state index >= 15 is 0 Å². The lowest BCUT2D eigenvalue weighted by Crippen LogP contribution is -2.12. The van der Waals surface area contributed by atoms with Crippen LogP contribution in [-0.2, 0) is 5.41 Å². The number of benzene rings is 3. The third-order valence-electron chi connectivity index (χ3n) is 6.71. The van der Waals surface area contributed by atoms with Gasteiger partial charge in [-0.2, -0.15) is 0 Å². The molecule has 3 heteroatoms. The van der Waals surface area contributed by atoms with Crippen molar-refractivity contribution in [2.24, 2.45) is 0 Å². The Bertz CT molecular complexity index is 1710. The fourth-order valence-corrected chi connectivity index (χ4v) is 6.39. The summed E-state index contributed by atoms with van der Waals surface area (Å²) in [5.41, 5.74) is 7.01. The van der Waals surface area contributed by atoms with Crippen LogP contribution in [0.25, 0.3) is 53.5 Å². The highest BCUT2D eigenvalue weighted by Crippen LogP contribution is 2.45. The van der Waals surface area contributed by atoms with Crippen LogP contribution in [0, 0.1) is 13.8 Å². The second-order valence-electron chi connectivity index (χ2n) is 10.2. The summed E-state index contributed by atoms with van der Waals surface area (Å²) in [4.78, 5) is 6.16. The first-order chi connectivity index (χ1) is 16.3. The van der Waals surface area contributed by atoms with E-state index in [-0.39, 0.29) is 5.41 Å². The van der Waals surface area contributed by atoms with E-state index in [0.29, 0.717) is 0 Å². The molecule has 3 aromatic carbocycles. The Labute approximate surface area is 203 Å². The van der Waals surface area contributed by atoms with Crippen LogP contribution in [-0.4, -0.2) is 4.98 Å². The summed E-state index contributed by atoms with van der Waals surface area (Å²) in [6.07, 6.45) is 1.95. The topological polar surface area (TPSA) is 26.0 Å². The highest BCUT2D eigenvalue weighted by molar-refractivity contribution is 7.23. The van der Waals surface area contributed by atoms with E-state index in [9.17, 15) is 0 Å².